The second kappa shape index (κ2) is 11.1. The van der Waals surface area contributed by atoms with Crippen molar-refractivity contribution in [3.63, 3.8) is 0 Å². The van der Waals surface area contributed by atoms with Crippen LogP contribution in [0.15, 0.2) is 78.9 Å². The van der Waals surface area contributed by atoms with E-state index >= 15 is 0 Å². The Morgan fingerprint density at radius 2 is 1.55 bits per heavy atom. The van der Waals surface area contributed by atoms with E-state index in [-0.39, 0.29) is 5.54 Å². The third-order valence-electron chi connectivity index (χ3n) is 5.59. The van der Waals surface area contributed by atoms with Crippen molar-refractivity contribution in [2.45, 2.75) is 45.6 Å². The first-order valence-corrected chi connectivity index (χ1v) is 11.1. The topological polar surface area (TPSA) is 59.0 Å². The Morgan fingerprint density at radius 3 is 2.12 bits per heavy atom. The van der Waals surface area contributed by atoms with Crippen LogP contribution in [0.1, 0.15) is 53.9 Å². The molecule has 0 saturated carbocycles. The Balaban J connectivity index is 1.79. The zero-order chi connectivity index (χ0) is 23.8. The van der Waals surface area contributed by atoms with Gasteiger partial charge in [0.1, 0.15) is 17.9 Å². The molecule has 1 atom stereocenters. The molecule has 0 radical (unpaired) electrons. The van der Waals surface area contributed by atoms with Gasteiger partial charge in [-0.3, -0.25) is 4.90 Å². The van der Waals surface area contributed by atoms with Gasteiger partial charge in [-0.15, -0.1) is 0 Å². The Labute approximate surface area is 196 Å². The highest BCUT2D eigenvalue weighted by Gasteiger charge is 2.25. The average molecular weight is 448 g/mol. The van der Waals surface area contributed by atoms with Crippen molar-refractivity contribution in [2.24, 2.45) is 0 Å². The molecule has 0 aliphatic rings. The predicted molar refractivity (Wildman–Crippen MR) is 130 cm³/mol. The number of esters is 1. The summed E-state index contributed by atoms with van der Waals surface area (Å²) in [6, 6.07) is 25.1. The molecule has 0 unspecified atom stereocenters. The van der Waals surface area contributed by atoms with E-state index in [1.165, 1.54) is 12.7 Å². The van der Waals surface area contributed by atoms with Gasteiger partial charge in [0.25, 0.3) is 0 Å². The summed E-state index contributed by atoms with van der Waals surface area (Å²) < 4.78 is 10.9. The van der Waals surface area contributed by atoms with Crippen LogP contribution in [-0.4, -0.2) is 35.2 Å². The largest absolute Gasteiger partial charge is 0.488 e. The lowest BCUT2D eigenvalue weighted by Gasteiger charge is -2.37. The average Bonchev–Trinajstić information content (AvgIpc) is 2.82. The number of rotatable bonds is 9. The van der Waals surface area contributed by atoms with E-state index in [4.69, 9.17) is 9.47 Å². The molecule has 0 aliphatic carbocycles. The Bertz CT molecular complexity index is 1030. The van der Waals surface area contributed by atoms with Crippen LogP contribution in [-0.2, 0) is 17.9 Å². The second-order valence-corrected chi connectivity index (χ2v) is 9.07. The van der Waals surface area contributed by atoms with Crippen molar-refractivity contribution >= 4 is 5.97 Å². The van der Waals surface area contributed by atoms with Crippen molar-refractivity contribution in [1.82, 2.24) is 4.90 Å². The summed E-state index contributed by atoms with van der Waals surface area (Å²) in [7, 11) is 1.34. The minimum absolute atomic E-state index is 0.152. The zero-order valence-corrected chi connectivity index (χ0v) is 19.8. The Morgan fingerprint density at radius 1 is 0.939 bits per heavy atom. The van der Waals surface area contributed by atoms with Crippen LogP contribution >= 0.6 is 0 Å². The molecule has 0 amide bonds. The van der Waals surface area contributed by atoms with Gasteiger partial charge in [0.2, 0.25) is 0 Å². The van der Waals surface area contributed by atoms with Gasteiger partial charge in [-0.05, 0) is 49.6 Å². The zero-order valence-electron chi connectivity index (χ0n) is 19.8. The number of methoxy groups -OCH3 is 1. The van der Waals surface area contributed by atoms with E-state index in [1.807, 2.05) is 48.5 Å². The molecule has 0 bridgehead atoms. The number of hydrogen-bond donors (Lipinski definition) is 1. The highest BCUT2D eigenvalue weighted by Crippen LogP contribution is 2.28. The molecule has 5 nitrogen and oxygen atoms in total. The van der Waals surface area contributed by atoms with Gasteiger partial charge >= 0.3 is 5.97 Å². The lowest BCUT2D eigenvalue weighted by Crippen LogP contribution is -2.43. The SMILES string of the molecule is COC(=O)c1cc([C@@H](O)CN(Cc2ccccc2)C(C)(C)C)ccc1OCc1ccccc1. The van der Waals surface area contributed by atoms with Gasteiger partial charge in [-0.25, -0.2) is 4.79 Å². The molecule has 3 aromatic carbocycles. The van der Waals surface area contributed by atoms with E-state index in [1.54, 1.807) is 18.2 Å². The first kappa shape index (κ1) is 24.5. The molecule has 5 heteroatoms. The molecule has 0 heterocycles. The van der Waals surface area contributed by atoms with Crippen molar-refractivity contribution in [3.8, 4) is 5.75 Å². The first-order chi connectivity index (χ1) is 15.8. The quantitative estimate of drug-likeness (QED) is 0.446. The van der Waals surface area contributed by atoms with Crippen LogP contribution in [0, 0.1) is 0 Å². The fourth-order valence-corrected chi connectivity index (χ4v) is 3.58. The molecule has 3 rings (SSSR count). The highest BCUT2D eigenvalue weighted by atomic mass is 16.5. The molecule has 0 spiro atoms. The molecular formula is C28H33NO4. The molecular weight excluding hydrogens is 414 g/mol. The van der Waals surface area contributed by atoms with Crippen LogP contribution in [0.3, 0.4) is 0 Å². The number of aliphatic hydroxyl groups is 1. The first-order valence-electron chi connectivity index (χ1n) is 11.1. The number of ether oxygens (including phenoxy) is 2. The maximum absolute atomic E-state index is 12.4. The fourth-order valence-electron chi connectivity index (χ4n) is 3.58. The van der Waals surface area contributed by atoms with Crippen LogP contribution in [0.25, 0.3) is 0 Å². The van der Waals surface area contributed by atoms with Crippen LogP contribution in [0.5, 0.6) is 5.75 Å². The highest BCUT2D eigenvalue weighted by molar-refractivity contribution is 5.92. The second-order valence-electron chi connectivity index (χ2n) is 9.07. The smallest absolute Gasteiger partial charge is 0.341 e. The summed E-state index contributed by atoms with van der Waals surface area (Å²) in [5.74, 6) is -0.0670. The summed E-state index contributed by atoms with van der Waals surface area (Å²) >= 11 is 0. The Kier molecular flexibility index (Phi) is 8.26. The van der Waals surface area contributed by atoms with Crippen molar-refractivity contribution in [1.29, 1.82) is 0 Å². The molecule has 0 saturated heterocycles. The normalized spacial score (nSPS) is 12.4. The standard InChI is InChI=1S/C28H33NO4/c1-28(2,3)29(18-21-11-7-5-8-12-21)19-25(30)23-15-16-26(24(17-23)27(31)32-4)33-20-22-13-9-6-10-14-22/h5-17,25,30H,18-20H2,1-4H3/t25-/m0/s1. The van der Waals surface area contributed by atoms with Crippen LogP contribution in [0.2, 0.25) is 0 Å². The lowest BCUT2D eigenvalue weighted by molar-refractivity contribution is 0.0519. The van der Waals surface area contributed by atoms with Crippen LogP contribution < -0.4 is 4.74 Å². The number of carbonyl (C=O) groups excluding carboxylic acids is 1. The maximum atomic E-state index is 12.4. The number of nitrogens with zero attached hydrogens (tertiary/aromatic N) is 1. The van der Waals surface area contributed by atoms with Gasteiger partial charge in [0.15, 0.2) is 0 Å². The van der Waals surface area contributed by atoms with Crippen molar-refractivity contribution < 1.29 is 19.4 Å². The predicted octanol–water partition coefficient (Wildman–Crippen LogP) is 5.39. The molecule has 0 aliphatic heterocycles. The third kappa shape index (κ3) is 6.91. The van der Waals surface area contributed by atoms with Gasteiger partial charge in [0, 0.05) is 18.6 Å². The Hall–Kier alpha value is -3.15. The summed E-state index contributed by atoms with van der Waals surface area (Å²) in [6.07, 6.45) is -0.778. The third-order valence-corrected chi connectivity index (χ3v) is 5.59. The van der Waals surface area contributed by atoms with E-state index in [9.17, 15) is 9.90 Å². The number of aliphatic hydroxyl groups excluding tert-OH is 1. The molecule has 0 fully saturated rings. The van der Waals surface area contributed by atoms with E-state index in [0.717, 1.165) is 5.56 Å². The molecule has 0 aromatic heterocycles. The molecule has 3 aromatic rings. The molecule has 33 heavy (non-hydrogen) atoms. The van der Waals surface area contributed by atoms with Gasteiger partial charge < -0.3 is 14.6 Å². The number of benzene rings is 3. The van der Waals surface area contributed by atoms with Gasteiger partial charge in [-0.1, -0.05) is 66.7 Å². The summed E-state index contributed by atoms with van der Waals surface area (Å²) in [5.41, 5.74) is 2.97. The van der Waals surface area contributed by atoms with Crippen LogP contribution in [0.4, 0.5) is 0 Å². The molecule has 174 valence electrons. The summed E-state index contributed by atoms with van der Waals surface area (Å²) in [6.45, 7) is 7.85. The fraction of sp³-hybridized carbons (Fsp3) is 0.321. The lowest BCUT2D eigenvalue weighted by atomic mass is 10.00. The molecule has 1 N–H and O–H groups in total. The van der Waals surface area contributed by atoms with Crippen molar-refractivity contribution in [3.05, 3.63) is 101 Å². The van der Waals surface area contributed by atoms with Crippen molar-refractivity contribution in [2.75, 3.05) is 13.7 Å². The summed E-state index contributed by atoms with van der Waals surface area (Å²) in [4.78, 5) is 14.7. The minimum atomic E-state index is -0.778. The number of β-amino-alcohol motifs (C(OH)–C–C–N with tert-alkyl or cyclic N) is 1. The minimum Gasteiger partial charge on any atom is -0.488 e. The number of hydrogen-bond acceptors (Lipinski definition) is 5. The van der Waals surface area contributed by atoms with E-state index < -0.39 is 12.1 Å². The van der Waals surface area contributed by atoms with Gasteiger partial charge in [-0.2, -0.15) is 0 Å². The van der Waals surface area contributed by atoms with E-state index in [2.05, 4.69) is 37.8 Å². The maximum Gasteiger partial charge on any atom is 0.341 e. The van der Waals surface area contributed by atoms with E-state index in [0.29, 0.717) is 36.6 Å². The van der Waals surface area contributed by atoms with Gasteiger partial charge in [0.05, 0.1) is 13.2 Å². The monoisotopic (exact) mass is 447 g/mol. The number of carbonyl (C=O) groups is 1. The summed E-state index contributed by atoms with van der Waals surface area (Å²) in [5, 5.41) is 11.1.